The Morgan fingerprint density at radius 2 is 1.62 bits per heavy atom. The number of ether oxygens (including phenoxy) is 2. The molecule has 0 radical (unpaired) electrons. The maximum absolute atomic E-state index is 13.1. The number of ketones is 1. The van der Waals surface area contributed by atoms with Gasteiger partial charge >= 0.3 is 0 Å². The second kappa shape index (κ2) is 14.6. The van der Waals surface area contributed by atoms with Crippen LogP contribution in [0.4, 0.5) is 17.1 Å². The fraction of sp³-hybridized carbons (Fsp3) is 0.382. The lowest BCUT2D eigenvalue weighted by atomic mass is 10.1. The molecule has 1 fully saturated rings. The average molecular weight is 697 g/mol. The number of halogens is 2. The smallest absolute Gasteiger partial charge is 0.260 e. The highest BCUT2D eigenvalue weighted by atomic mass is 79.9. The quantitative estimate of drug-likeness (QED) is 0.209. The van der Waals surface area contributed by atoms with E-state index in [0.29, 0.717) is 26.8 Å². The van der Waals surface area contributed by atoms with E-state index in [2.05, 4.69) is 46.8 Å². The van der Waals surface area contributed by atoms with Crippen LogP contribution in [0, 0.1) is 0 Å². The molecule has 1 saturated heterocycles. The number of hydrazone groups is 1. The number of anilines is 3. The van der Waals surface area contributed by atoms with E-state index < -0.39 is 6.17 Å². The minimum Gasteiger partial charge on any atom is -0.493 e. The van der Waals surface area contributed by atoms with Crippen molar-refractivity contribution in [2.24, 2.45) is 5.10 Å². The van der Waals surface area contributed by atoms with Gasteiger partial charge in [-0.15, -0.1) is 5.10 Å². The number of methoxy groups -OCH3 is 1. The number of rotatable bonds is 11. The molecular weight excluding hydrogens is 658 g/mol. The summed E-state index contributed by atoms with van der Waals surface area (Å²) < 4.78 is 12.5. The van der Waals surface area contributed by atoms with Crippen LogP contribution in [0.25, 0.3) is 0 Å². The van der Waals surface area contributed by atoms with E-state index >= 15 is 0 Å². The number of Topliss-reactive ketones (excluding diaryl/α,β-unsaturated/α-hetero) is 1. The molecule has 0 bridgehead atoms. The van der Waals surface area contributed by atoms with Gasteiger partial charge in [-0.25, -0.2) is 5.01 Å². The summed E-state index contributed by atoms with van der Waals surface area (Å²) in [5.41, 5.74) is 3.45. The lowest BCUT2D eigenvalue weighted by Gasteiger charge is -2.33. The lowest BCUT2D eigenvalue weighted by molar-refractivity contribution is -0.134. The molecule has 45 heavy (non-hydrogen) atoms. The van der Waals surface area contributed by atoms with Crippen LogP contribution in [0.2, 0.25) is 5.02 Å². The number of carbonyl (C=O) groups is 2. The maximum Gasteiger partial charge on any atom is 0.260 e. The summed E-state index contributed by atoms with van der Waals surface area (Å²) >= 11 is 9.92. The highest BCUT2D eigenvalue weighted by Gasteiger charge is 2.40. The lowest BCUT2D eigenvalue weighted by Crippen LogP contribution is -2.38. The van der Waals surface area contributed by atoms with Gasteiger partial charge in [-0.05, 0) is 110 Å². The van der Waals surface area contributed by atoms with Crippen molar-refractivity contribution < 1.29 is 19.1 Å². The van der Waals surface area contributed by atoms with Gasteiger partial charge in [0.05, 0.1) is 17.3 Å². The largest absolute Gasteiger partial charge is 0.493 e. The van der Waals surface area contributed by atoms with Gasteiger partial charge in [0.25, 0.3) is 5.91 Å². The van der Waals surface area contributed by atoms with Crippen molar-refractivity contribution in [3.05, 3.63) is 75.7 Å². The van der Waals surface area contributed by atoms with E-state index in [-0.39, 0.29) is 18.3 Å². The van der Waals surface area contributed by atoms with E-state index in [4.69, 9.17) is 26.2 Å². The standard InChI is InChI=1S/C34H39BrClN5O4/c1-5-38(6-2)26-14-16-27(17-15-26)40-33(23(3)42)37-41(28-12-10-25(36)11-13-28)34(40)24-20-29(35)32(30(21-24)44-4)45-22-31(43)39-18-8-7-9-19-39/h10-17,20-21,34H,5-9,18-19,22H2,1-4H3/t34-/m1/s1. The van der Waals surface area contributed by atoms with Gasteiger partial charge in [-0.2, -0.15) is 0 Å². The Balaban J connectivity index is 1.55. The van der Waals surface area contributed by atoms with E-state index in [0.717, 1.165) is 68.1 Å². The van der Waals surface area contributed by atoms with E-state index in [1.54, 1.807) is 19.2 Å². The summed E-state index contributed by atoms with van der Waals surface area (Å²) in [5.74, 6) is 0.969. The molecular formula is C34H39BrClN5O4. The normalized spacial score (nSPS) is 16.4. The topological polar surface area (TPSA) is 77.9 Å². The van der Waals surface area contributed by atoms with Gasteiger partial charge < -0.3 is 19.3 Å². The Bertz CT molecular complexity index is 1540. The zero-order chi connectivity index (χ0) is 32.1. The number of hydrogen-bond donors (Lipinski definition) is 0. The second-order valence-electron chi connectivity index (χ2n) is 11.0. The van der Waals surface area contributed by atoms with Crippen LogP contribution in [-0.2, 0) is 9.59 Å². The highest BCUT2D eigenvalue weighted by Crippen LogP contribution is 2.44. The molecule has 3 aromatic carbocycles. The molecule has 5 rings (SSSR count). The summed E-state index contributed by atoms with van der Waals surface area (Å²) in [6.45, 7) is 8.97. The monoisotopic (exact) mass is 695 g/mol. The molecule has 0 unspecified atom stereocenters. The van der Waals surface area contributed by atoms with Crippen molar-refractivity contribution in [1.82, 2.24) is 4.90 Å². The molecule has 3 aromatic rings. The Labute approximate surface area is 278 Å². The molecule has 0 saturated carbocycles. The molecule has 2 aliphatic rings. The number of carbonyl (C=O) groups excluding carboxylic acids is 2. The summed E-state index contributed by atoms with van der Waals surface area (Å²) in [6.07, 6.45) is 2.61. The van der Waals surface area contributed by atoms with Crippen LogP contribution >= 0.6 is 27.5 Å². The fourth-order valence-corrected chi connectivity index (χ4v) is 6.53. The predicted molar refractivity (Wildman–Crippen MR) is 184 cm³/mol. The van der Waals surface area contributed by atoms with Crippen molar-refractivity contribution in [1.29, 1.82) is 0 Å². The number of likely N-dealkylation sites (tertiary alicyclic amines) is 1. The first-order chi connectivity index (χ1) is 21.7. The van der Waals surface area contributed by atoms with E-state index in [9.17, 15) is 9.59 Å². The maximum atomic E-state index is 13.1. The van der Waals surface area contributed by atoms with E-state index in [1.807, 2.05) is 51.2 Å². The number of benzene rings is 3. The molecule has 2 heterocycles. The van der Waals surface area contributed by atoms with Gasteiger partial charge in [0.15, 0.2) is 35.9 Å². The minimum absolute atomic E-state index is 0.0451. The molecule has 2 aliphatic heterocycles. The fourth-order valence-electron chi connectivity index (χ4n) is 5.83. The predicted octanol–water partition coefficient (Wildman–Crippen LogP) is 7.28. The zero-order valence-corrected chi connectivity index (χ0v) is 28.5. The summed E-state index contributed by atoms with van der Waals surface area (Å²) in [5, 5.41) is 7.26. The van der Waals surface area contributed by atoms with Gasteiger partial charge in [-0.1, -0.05) is 11.6 Å². The number of hydrogen-bond acceptors (Lipinski definition) is 8. The van der Waals surface area contributed by atoms with Crippen molar-refractivity contribution in [3.8, 4) is 11.5 Å². The molecule has 11 heteroatoms. The third-order valence-corrected chi connectivity index (χ3v) is 9.01. The average Bonchev–Trinajstić information content (AvgIpc) is 3.46. The van der Waals surface area contributed by atoms with Gasteiger partial charge in [0.2, 0.25) is 0 Å². The van der Waals surface area contributed by atoms with Crippen LogP contribution in [0.5, 0.6) is 11.5 Å². The van der Waals surface area contributed by atoms with E-state index in [1.165, 1.54) is 6.92 Å². The molecule has 0 aromatic heterocycles. The third-order valence-electron chi connectivity index (χ3n) is 8.17. The molecule has 1 amide bonds. The number of amides is 1. The summed E-state index contributed by atoms with van der Waals surface area (Å²) in [6, 6.07) is 19.3. The van der Waals surface area contributed by atoms with Gasteiger partial charge in [0, 0.05) is 55.1 Å². The molecule has 0 spiro atoms. The molecule has 9 nitrogen and oxygen atoms in total. The molecule has 1 atom stereocenters. The summed E-state index contributed by atoms with van der Waals surface area (Å²) in [7, 11) is 1.57. The molecule has 238 valence electrons. The SMILES string of the molecule is CCN(CC)c1ccc(N2C(C(C)=O)=NN(c3ccc(Cl)cc3)[C@@H]2c2cc(Br)c(OCC(=O)N3CCCCC3)c(OC)c2)cc1. The first kappa shape index (κ1) is 32.6. The number of nitrogens with zero attached hydrogens (tertiary/aromatic N) is 5. The van der Waals surface area contributed by atoms with Crippen LogP contribution < -0.4 is 24.3 Å². The first-order valence-corrected chi connectivity index (χ1v) is 16.5. The van der Waals surface area contributed by atoms with Crippen LogP contribution in [0.1, 0.15) is 51.8 Å². The Hall–Kier alpha value is -3.76. The zero-order valence-electron chi connectivity index (χ0n) is 26.1. The van der Waals surface area contributed by atoms with Gasteiger partial charge in [0.1, 0.15) is 0 Å². The van der Waals surface area contributed by atoms with Crippen LogP contribution in [0.15, 0.2) is 70.2 Å². The number of piperidine rings is 1. The Morgan fingerprint density at radius 1 is 0.978 bits per heavy atom. The molecule has 0 N–H and O–H groups in total. The van der Waals surface area contributed by atoms with Crippen molar-refractivity contribution >= 4 is 62.1 Å². The Kier molecular flexibility index (Phi) is 10.6. The first-order valence-electron chi connectivity index (χ1n) is 15.3. The van der Waals surface area contributed by atoms with Crippen LogP contribution in [0.3, 0.4) is 0 Å². The minimum atomic E-state index is -0.557. The third kappa shape index (κ3) is 7.07. The highest BCUT2D eigenvalue weighted by molar-refractivity contribution is 9.10. The molecule has 0 aliphatic carbocycles. The van der Waals surface area contributed by atoms with Gasteiger partial charge in [-0.3, -0.25) is 14.5 Å². The number of amidine groups is 1. The van der Waals surface area contributed by atoms with Crippen molar-refractivity contribution in [2.75, 3.05) is 54.7 Å². The van der Waals surface area contributed by atoms with Crippen LogP contribution in [-0.4, -0.2) is 62.3 Å². The van der Waals surface area contributed by atoms with Crippen molar-refractivity contribution in [2.45, 2.75) is 46.2 Å². The summed E-state index contributed by atoms with van der Waals surface area (Å²) in [4.78, 5) is 32.0. The second-order valence-corrected chi connectivity index (χ2v) is 12.3. The van der Waals surface area contributed by atoms with Crippen molar-refractivity contribution in [3.63, 3.8) is 0 Å². The Morgan fingerprint density at radius 3 is 2.22 bits per heavy atom.